The molecule has 0 amide bonds. The van der Waals surface area contributed by atoms with Gasteiger partial charge in [-0.15, -0.1) is 0 Å². The third kappa shape index (κ3) is 4.00. The van der Waals surface area contributed by atoms with Crippen molar-refractivity contribution in [1.29, 1.82) is 0 Å². The van der Waals surface area contributed by atoms with Gasteiger partial charge in [-0.2, -0.15) is 0 Å². The second kappa shape index (κ2) is 6.59. The first-order valence-corrected chi connectivity index (χ1v) is 6.12. The number of benzene rings is 1. The molecule has 0 radical (unpaired) electrons. The number of morpholine rings is 1. The fourth-order valence-electron chi connectivity index (χ4n) is 2.00. The monoisotopic (exact) mass is 236 g/mol. The summed E-state index contributed by atoms with van der Waals surface area (Å²) in [5.74, 6) is 0. The van der Waals surface area contributed by atoms with Gasteiger partial charge in [0.25, 0.3) is 0 Å². The third-order valence-electron chi connectivity index (χ3n) is 2.88. The first-order valence-electron chi connectivity index (χ1n) is 6.12. The van der Waals surface area contributed by atoms with Gasteiger partial charge in [0, 0.05) is 31.9 Å². The van der Waals surface area contributed by atoms with Crippen LogP contribution in [0, 0.1) is 0 Å². The van der Waals surface area contributed by atoms with E-state index in [1.807, 2.05) is 6.07 Å². The van der Waals surface area contributed by atoms with Gasteiger partial charge in [-0.3, -0.25) is 4.90 Å². The number of hydrogen-bond acceptors (Lipinski definition) is 4. The molecule has 2 N–H and O–H groups in total. The summed E-state index contributed by atoms with van der Waals surface area (Å²) in [4.78, 5) is 2.40. The fraction of sp³-hybridized carbons (Fsp3) is 0.538. The number of nitrogens with one attached hydrogen (secondary N) is 1. The summed E-state index contributed by atoms with van der Waals surface area (Å²) < 4.78 is 5.33. The molecule has 4 heteroatoms. The van der Waals surface area contributed by atoms with E-state index in [1.165, 1.54) is 5.56 Å². The Hall–Kier alpha value is -1.10. The lowest BCUT2D eigenvalue weighted by atomic mass is 10.2. The largest absolute Gasteiger partial charge is 0.395 e. The van der Waals surface area contributed by atoms with Crippen LogP contribution in [0.2, 0.25) is 0 Å². The van der Waals surface area contributed by atoms with Crippen molar-refractivity contribution in [2.75, 3.05) is 44.8 Å². The maximum absolute atomic E-state index is 8.77. The van der Waals surface area contributed by atoms with Crippen molar-refractivity contribution in [2.45, 2.75) is 6.54 Å². The van der Waals surface area contributed by atoms with Crippen molar-refractivity contribution < 1.29 is 9.84 Å². The molecule has 1 aliphatic rings. The molecule has 0 saturated carbocycles. The molecular weight excluding hydrogens is 216 g/mol. The van der Waals surface area contributed by atoms with E-state index in [2.05, 4.69) is 28.4 Å². The predicted molar refractivity (Wildman–Crippen MR) is 68.1 cm³/mol. The molecule has 1 aromatic carbocycles. The Labute approximate surface area is 102 Å². The Morgan fingerprint density at radius 3 is 2.88 bits per heavy atom. The summed E-state index contributed by atoms with van der Waals surface area (Å²) in [5, 5.41) is 12.0. The van der Waals surface area contributed by atoms with Crippen molar-refractivity contribution in [3.05, 3.63) is 29.8 Å². The van der Waals surface area contributed by atoms with Gasteiger partial charge in [-0.25, -0.2) is 0 Å². The van der Waals surface area contributed by atoms with E-state index in [1.54, 1.807) is 0 Å². The highest BCUT2D eigenvalue weighted by Crippen LogP contribution is 2.13. The standard InChI is InChI=1S/C13H20N2O2/c16-7-4-14-13-3-1-2-12(10-13)11-15-5-8-17-9-6-15/h1-3,10,14,16H,4-9,11H2. The summed E-state index contributed by atoms with van der Waals surface area (Å²) in [6, 6.07) is 8.36. The van der Waals surface area contributed by atoms with Gasteiger partial charge >= 0.3 is 0 Å². The zero-order valence-corrected chi connectivity index (χ0v) is 10.1. The van der Waals surface area contributed by atoms with Crippen LogP contribution < -0.4 is 5.32 Å². The van der Waals surface area contributed by atoms with Crippen LogP contribution >= 0.6 is 0 Å². The Bertz CT molecular complexity index is 338. The van der Waals surface area contributed by atoms with Gasteiger partial charge < -0.3 is 15.2 Å². The van der Waals surface area contributed by atoms with Crippen molar-refractivity contribution in [2.24, 2.45) is 0 Å². The number of ether oxygens (including phenoxy) is 1. The van der Waals surface area contributed by atoms with E-state index < -0.39 is 0 Å². The number of rotatable bonds is 5. The van der Waals surface area contributed by atoms with Gasteiger partial charge in [-0.05, 0) is 17.7 Å². The Morgan fingerprint density at radius 1 is 1.29 bits per heavy atom. The Balaban J connectivity index is 1.90. The lowest BCUT2D eigenvalue weighted by Gasteiger charge is -2.26. The first kappa shape index (κ1) is 12.4. The highest BCUT2D eigenvalue weighted by molar-refractivity contribution is 5.45. The Morgan fingerprint density at radius 2 is 2.12 bits per heavy atom. The lowest BCUT2D eigenvalue weighted by Crippen LogP contribution is -2.35. The van der Waals surface area contributed by atoms with Crippen molar-refractivity contribution in [3.63, 3.8) is 0 Å². The fourth-order valence-corrected chi connectivity index (χ4v) is 2.00. The summed E-state index contributed by atoms with van der Waals surface area (Å²) >= 11 is 0. The molecule has 1 fully saturated rings. The molecule has 2 rings (SSSR count). The molecular formula is C13H20N2O2. The van der Waals surface area contributed by atoms with Crippen LogP contribution in [0.3, 0.4) is 0 Å². The zero-order valence-electron chi connectivity index (χ0n) is 10.1. The van der Waals surface area contributed by atoms with Crippen molar-refractivity contribution in [3.8, 4) is 0 Å². The minimum absolute atomic E-state index is 0.160. The van der Waals surface area contributed by atoms with Crippen molar-refractivity contribution in [1.82, 2.24) is 4.90 Å². The lowest BCUT2D eigenvalue weighted by molar-refractivity contribution is 0.0342. The molecule has 1 heterocycles. The van der Waals surface area contributed by atoms with Crippen LogP contribution in [0.5, 0.6) is 0 Å². The smallest absolute Gasteiger partial charge is 0.0604 e. The number of aliphatic hydroxyl groups is 1. The number of hydrogen-bond donors (Lipinski definition) is 2. The van der Waals surface area contributed by atoms with E-state index >= 15 is 0 Å². The van der Waals surface area contributed by atoms with Crippen molar-refractivity contribution >= 4 is 5.69 Å². The molecule has 94 valence electrons. The Kier molecular flexibility index (Phi) is 4.79. The molecule has 0 aliphatic carbocycles. The van der Waals surface area contributed by atoms with Gasteiger partial charge in [0.2, 0.25) is 0 Å². The minimum Gasteiger partial charge on any atom is -0.395 e. The summed E-state index contributed by atoms with van der Waals surface area (Å²) in [6.45, 7) is 5.42. The highest BCUT2D eigenvalue weighted by Gasteiger charge is 2.10. The molecule has 0 aromatic heterocycles. The van der Waals surface area contributed by atoms with Crippen LogP contribution in [0.4, 0.5) is 5.69 Å². The number of aliphatic hydroxyl groups excluding tert-OH is 1. The summed E-state index contributed by atoms with van der Waals surface area (Å²) in [5.41, 5.74) is 2.37. The van der Waals surface area contributed by atoms with E-state index in [9.17, 15) is 0 Å². The molecule has 1 aromatic rings. The molecule has 0 bridgehead atoms. The van der Waals surface area contributed by atoms with Crippen LogP contribution in [-0.2, 0) is 11.3 Å². The average Bonchev–Trinajstić information content (AvgIpc) is 2.38. The number of nitrogens with zero attached hydrogens (tertiary/aromatic N) is 1. The van der Waals surface area contributed by atoms with E-state index in [4.69, 9.17) is 9.84 Å². The molecule has 0 spiro atoms. The second-order valence-electron chi connectivity index (χ2n) is 4.24. The molecule has 0 unspecified atom stereocenters. The van der Waals surface area contributed by atoms with Gasteiger partial charge in [0.15, 0.2) is 0 Å². The quantitative estimate of drug-likeness (QED) is 0.798. The minimum atomic E-state index is 0.160. The van der Waals surface area contributed by atoms with Crippen LogP contribution in [0.25, 0.3) is 0 Å². The topological polar surface area (TPSA) is 44.7 Å². The van der Waals surface area contributed by atoms with E-state index in [0.29, 0.717) is 6.54 Å². The number of anilines is 1. The van der Waals surface area contributed by atoms with Crippen LogP contribution in [-0.4, -0.2) is 49.5 Å². The van der Waals surface area contributed by atoms with Gasteiger partial charge in [0.1, 0.15) is 0 Å². The third-order valence-corrected chi connectivity index (χ3v) is 2.88. The first-order chi connectivity index (χ1) is 8.38. The molecule has 4 nitrogen and oxygen atoms in total. The van der Waals surface area contributed by atoms with Crippen LogP contribution in [0.1, 0.15) is 5.56 Å². The normalized spacial score (nSPS) is 17.0. The van der Waals surface area contributed by atoms with Gasteiger partial charge in [-0.1, -0.05) is 12.1 Å². The highest BCUT2D eigenvalue weighted by atomic mass is 16.5. The maximum atomic E-state index is 8.77. The molecule has 1 aliphatic heterocycles. The van der Waals surface area contributed by atoms with Gasteiger partial charge in [0.05, 0.1) is 19.8 Å². The summed E-state index contributed by atoms with van der Waals surface area (Å²) in [6.07, 6.45) is 0. The molecule has 17 heavy (non-hydrogen) atoms. The summed E-state index contributed by atoms with van der Waals surface area (Å²) in [7, 11) is 0. The second-order valence-corrected chi connectivity index (χ2v) is 4.24. The molecule has 1 saturated heterocycles. The SMILES string of the molecule is OCCNc1cccc(CN2CCOCC2)c1. The molecule has 0 atom stereocenters. The zero-order chi connectivity index (χ0) is 11.9. The average molecular weight is 236 g/mol. The predicted octanol–water partition coefficient (Wildman–Crippen LogP) is 0.923. The van der Waals surface area contributed by atoms with E-state index in [0.717, 1.165) is 38.5 Å². The van der Waals surface area contributed by atoms with E-state index in [-0.39, 0.29) is 6.61 Å². The van der Waals surface area contributed by atoms with Crippen LogP contribution in [0.15, 0.2) is 24.3 Å². The maximum Gasteiger partial charge on any atom is 0.0604 e.